The van der Waals surface area contributed by atoms with Crippen LogP contribution in [0.2, 0.25) is 0 Å². The van der Waals surface area contributed by atoms with Gasteiger partial charge in [-0.3, -0.25) is 0 Å². The number of hydrogen-bond donors (Lipinski definition) is 2. The van der Waals surface area contributed by atoms with E-state index in [1.54, 1.807) is 30.3 Å². The Kier molecular flexibility index (Phi) is 4.33. The Bertz CT molecular complexity index is 693. The van der Waals surface area contributed by atoms with Crippen LogP contribution in [0.25, 0.3) is 0 Å². The maximum absolute atomic E-state index is 5.12. The zero-order chi connectivity index (χ0) is 14.3. The van der Waals surface area contributed by atoms with Gasteiger partial charge in [-0.1, -0.05) is 42.1 Å². The first kappa shape index (κ1) is 13.4. The molecular weight excluding hydrogens is 286 g/mol. The van der Waals surface area contributed by atoms with Crippen molar-refractivity contribution < 1.29 is 4.42 Å². The van der Waals surface area contributed by atoms with Crippen molar-refractivity contribution >= 4 is 23.9 Å². The highest BCUT2D eigenvalue weighted by atomic mass is 32.2. The van der Waals surface area contributed by atoms with Gasteiger partial charge in [0, 0.05) is 5.75 Å². The average molecular weight is 299 g/mol. The third-order valence-corrected chi connectivity index (χ3v) is 3.50. The van der Waals surface area contributed by atoms with Crippen LogP contribution in [-0.2, 0) is 5.75 Å². The molecule has 2 N–H and O–H groups in total. The Labute approximate surface area is 125 Å². The summed E-state index contributed by atoms with van der Waals surface area (Å²) in [6.07, 6.45) is 3.16. The first-order valence-corrected chi connectivity index (χ1v) is 7.30. The Morgan fingerprint density at radius 1 is 1.24 bits per heavy atom. The van der Waals surface area contributed by atoms with E-state index in [2.05, 4.69) is 37.8 Å². The van der Waals surface area contributed by atoms with Gasteiger partial charge in [0.25, 0.3) is 0 Å². The number of rotatable bonds is 6. The minimum atomic E-state index is 0.494. The summed E-state index contributed by atoms with van der Waals surface area (Å²) < 4.78 is 5.12. The lowest BCUT2D eigenvalue weighted by molar-refractivity contribution is 0.560. The van der Waals surface area contributed by atoms with Crippen molar-refractivity contribution in [3.05, 3.63) is 60.1 Å². The van der Waals surface area contributed by atoms with E-state index in [1.165, 1.54) is 5.56 Å². The van der Waals surface area contributed by atoms with Crippen LogP contribution in [-0.4, -0.2) is 21.4 Å². The number of benzene rings is 1. The van der Waals surface area contributed by atoms with E-state index < -0.39 is 0 Å². The van der Waals surface area contributed by atoms with Gasteiger partial charge in [0.2, 0.25) is 11.1 Å². The van der Waals surface area contributed by atoms with Crippen LogP contribution in [0.1, 0.15) is 11.3 Å². The normalized spacial score (nSPS) is 11.0. The molecule has 2 heterocycles. The zero-order valence-corrected chi connectivity index (χ0v) is 11.9. The second-order valence-corrected chi connectivity index (χ2v) is 5.07. The van der Waals surface area contributed by atoms with E-state index in [-0.39, 0.29) is 0 Å². The molecule has 0 aliphatic heterocycles. The van der Waals surface area contributed by atoms with E-state index >= 15 is 0 Å². The predicted molar refractivity (Wildman–Crippen MR) is 82.3 cm³/mol. The van der Waals surface area contributed by atoms with Gasteiger partial charge in [0.15, 0.2) is 0 Å². The van der Waals surface area contributed by atoms with Crippen LogP contribution < -0.4 is 5.43 Å². The van der Waals surface area contributed by atoms with Gasteiger partial charge in [-0.2, -0.15) is 10.1 Å². The fraction of sp³-hybridized carbons (Fsp3) is 0.0714. The smallest absolute Gasteiger partial charge is 0.240 e. The van der Waals surface area contributed by atoms with Crippen molar-refractivity contribution in [1.29, 1.82) is 0 Å². The van der Waals surface area contributed by atoms with Gasteiger partial charge in [0.05, 0.1) is 12.5 Å². The molecule has 3 rings (SSSR count). The maximum Gasteiger partial charge on any atom is 0.240 e. The molecule has 2 aromatic heterocycles. The first-order valence-electron chi connectivity index (χ1n) is 6.32. The van der Waals surface area contributed by atoms with Crippen LogP contribution in [0.15, 0.2) is 63.4 Å². The molecule has 0 aliphatic rings. The molecule has 0 aliphatic carbocycles. The van der Waals surface area contributed by atoms with Gasteiger partial charge in [-0.25, -0.2) is 10.5 Å². The lowest BCUT2D eigenvalue weighted by atomic mass is 10.2. The molecule has 1 aromatic carbocycles. The predicted octanol–water partition coefficient (Wildman–Crippen LogP) is 3.14. The van der Waals surface area contributed by atoms with Gasteiger partial charge < -0.3 is 4.42 Å². The number of furan rings is 1. The summed E-state index contributed by atoms with van der Waals surface area (Å²) in [5.74, 6) is 1.99. The van der Waals surface area contributed by atoms with Crippen molar-refractivity contribution in [2.45, 2.75) is 10.9 Å². The SMILES string of the molecule is C(=N/Nc1nc(SCc2ccccc2)n[nH]1)/c1ccco1. The number of hydrogen-bond acceptors (Lipinski definition) is 6. The molecule has 3 aromatic rings. The number of H-pyrrole nitrogens is 1. The van der Waals surface area contributed by atoms with E-state index in [4.69, 9.17) is 4.42 Å². The summed E-state index contributed by atoms with van der Waals surface area (Å²) in [5, 5.41) is 11.6. The third-order valence-electron chi connectivity index (χ3n) is 2.58. The molecule has 0 unspecified atom stereocenters. The molecule has 0 radical (unpaired) electrons. The molecule has 0 bridgehead atoms. The van der Waals surface area contributed by atoms with Crippen LogP contribution in [0.3, 0.4) is 0 Å². The van der Waals surface area contributed by atoms with E-state index in [9.17, 15) is 0 Å². The Morgan fingerprint density at radius 3 is 2.95 bits per heavy atom. The number of thioether (sulfide) groups is 1. The molecule has 0 saturated carbocycles. The molecule has 0 fully saturated rings. The van der Waals surface area contributed by atoms with Crippen molar-refractivity contribution in [3.63, 3.8) is 0 Å². The highest BCUT2D eigenvalue weighted by Crippen LogP contribution is 2.19. The van der Waals surface area contributed by atoms with Crippen molar-refractivity contribution in [3.8, 4) is 0 Å². The van der Waals surface area contributed by atoms with Gasteiger partial charge in [-0.15, -0.1) is 5.10 Å². The topological polar surface area (TPSA) is 79.1 Å². The van der Waals surface area contributed by atoms with Gasteiger partial charge >= 0.3 is 0 Å². The lowest BCUT2D eigenvalue weighted by Gasteiger charge is -1.96. The van der Waals surface area contributed by atoms with Crippen LogP contribution in [0.4, 0.5) is 5.95 Å². The van der Waals surface area contributed by atoms with E-state index in [0.29, 0.717) is 16.9 Å². The number of aromatic nitrogens is 3. The molecule has 0 atom stereocenters. The third kappa shape index (κ3) is 3.96. The Hall–Kier alpha value is -2.54. The lowest BCUT2D eigenvalue weighted by Crippen LogP contribution is -1.91. The molecule has 0 spiro atoms. The maximum atomic E-state index is 5.12. The van der Waals surface area contributed by atoms with Crippen LogP contribution in [0, 0.1) is 0 Å². The Balaban J connectivity index is 1.51. The molecule has 106 valence electrons. The van der Waals surface area contributed by atoms with E-state index in [1.807, 2.05) is 24.3 Å². The fourth-order valence-corrected chi connectivity index (χ4v) is 2.36. The number of hydrazone groups is 1. The minimum Gasteiger partial charge on any atom is -0.463 e. The molecule has 6 nitrogen and oxygen atoms in total. The molecule has 0 amide bonds. The second kappa shape index (κ2) is 6.76. The van der Waals surface area contributed by atoms with Gasteiger partial charge in [0.1, 0.15) is 5.76 Å². The summed E-state index contributed by atoms with van der Waals surface area (Å²) in [6, 6.07) is 13.8. The van der Waals surface area contributed by atoms with Crippen LogP contribution >= 0.6 is 11.8 Å². The number of anilines is 1. The van der Waals surface area contributed by atoms with Crippen molar-refractivity contribution in [1.82, 2.24) is 15.2 Å². The first-order chi connectivity index (χ1) is 10.4. The highest BCUT2D eigenvalue weighted by Gasteiger charge is 2.03. The summed E-state index contributed by atoms with van der Waals surface area (Å²) in [6.45, 7) is 0. The van der Waals surface area contributed by atoms with Crippen LogP contribution in [0.5, 0.6) is 0 Å². The average Bonchev–Trinajstić information content (AvgIpc) is 3.18. The Morgan fingerprint density at radius 2 is 2.14 bits per heavy atom. The quantitative estimate of drug-likeness (QED) is 0.415. The monoisotopic (exact) mass is 299 g/mol. The molecule has 0 saturated heterocycles. The zero-order valence-electron chi connectivity index (χ0n) is 11.1. The van der Waals surface area contributed by atoms with Crippen molar-refractivity contribution in [2.75, 3.05) is 5.43 Å². The number of aromatic amines is 1. The largest absolute Gasteiger partial charge is 0.463 e. The summed E-state index contributed by atoms with van der Waals surface area (Å²) >= 11 is 1.56. The summed E-state index contributed by atoms with van der Waals surface area (Å²) in [5.41, 5.74) is 4.00. The molecular formula is C14H13N5OS. The summed E-state index contributed by atoms with van der Waals surface area (Å²) in [7, 11) is 0. The fourth-order valence-electron chi connectivity index (χ4n) is 1.60. The number of nitrogens with one attached hydrogen (secondary N) is 2. The summed E-state index contributed by atoms with van der Waals surface area (Å²) in [4.78, 5) is 4.28. The number of nitrogens with zero attached hydrogens (tertiary/aromatic N) is 3. The molecule has 21 heavy (non-hydrogen) atoms. The van der Waals surface area contributed by atoms with Crippen molar-refractivity contribution in [2.24, 2.45) is 5.10 Å². The van der Waals surface area contributed by atoms with E-state index in [0.717, 1.165) is 5.75 Å². The minimum absolute atomic E-state index is 0.494. The highest BCUT2D eigenvalue weighted by molar-refractivity contribution is 7.98. The second-order valence-electron chi connectivity index (χ2n) is 4.13. The molecule has 7 heteroatoms. The van der Waals surface area contributed by atoms with Gasteiger partial charge in [-0.05, 0) is 17.7 Å². The standard InChI is InChI=1S/C14H13N5OS/c1-2-5-11(6-3-1)10-21-14-16-13(18-19-14)17-15-9-12-7-4-8-20-12/h1-9H,10H2,(H2,16,17,18,19)/b15-9-.